The van der Waals surface area contributed by atoms with Crippen LogP contribution in [0.25, 0.3) is 0 Å². The van der Waals surface area contributed by atoms with Crippen LogP contribution in [0.1, 0.15) is 71.6 Å². The van der Waals surface area contributed by atoms with Crippen LogP contribution in [0.2, 0.25) is 0 Å². The monoisotopic (exact) mass is 343 g/mol. The van der Waals surface area contributed by atoms with E-state index >= 15 is 0 Å². The number of nitrogens with one attached hydrogen (secondary N) is 2. The minimum atomic E-state index is -0.211. The smallest absolute Gasteiger partial charge is 0.0690 e. The Balaban J connectivity index is 3.44. The molecule has 0 saturated carbocycles. The predicted molar refractivity (Wildman–Crippen MR) is 107 cm³/mol. The third-order valence-electron chi connectivity index (χ3n) is 4.94. The van der Waals surface area contributed by atoms with Crippen LogP contribution in [-0.2, 0) is 0 Å². The summed E-state index contributed by atoms with van der Waals surface area (Å²) in [6, 6.07) is 0. The highest BCUT2D eigenvalue weighted by Gasteiger charge is 2.13. The van der Waals surface area contributed by atoms with Gasteiger partial charge >= 0.3 is 0 Å². The number of nitrogens with zero attached hydrogens (tertiary/aromatic N) is 1. The molecule has 0 spiro atoms. The number of aliphatic hydroxyl groups is 1. The second-order valence-electron chi connectivity index (χ2n) is 7.42. The highest BCUT2D eigenvalue weighted by atomic mass is 16.3. The summed E-state index contributed by atoms with van der Waals surface area (Å²) in [7, 11) is 4.12. The lowest BCUT2D eigenvalue weighted by atomic mass is 9.96. The summed E-state index contributed by atoms with van der Waals surface area (Å²) >= 11 is 0. The van der Waals surface area contributed by atoms with Crippen molar-refractivity contribution in [1.82, 2.24) is 15.5 Å². The maximum atomic E-state index is 10.2. The van der Waals surface area contributed by atoms with Crippen molar-refractivity contribution < 1.29 is 5.11 Å². The van der Waals surface area contributed by atoms with Gasteiger partial charge in [0.1, 0.15) is 0 Å². The second kappa shape index (κ2) is 17.7. The Morgan fingerprint density at radius 1 is 0.917 bits per heavy atom. The maximum absolute atomic E-state index is 10.2. The zero-order chi connectivity index (χ0) is 18.0. The van der Waals surface area contributed by atoms with Crippen LogP contribution in [0.3, 0.4) is 0 Å². The zero-order valence-electron chi connectivity index (χ0n) is 16.9. The summed E-state index contributed by atoms with van der Waals surface area (Å²) in [5.74, 6) is 0.402. The summed E-state index contributed by atoms with van der Waals surface area (Å²) < 4.78 is 0. The first-order chi connectivity index (χ1) is 11.6. The van der Waals surface area contributed by atoms with E-state index in [9.17, 15) is 5.11 Å². The molecule has 0 amide bonds. The Hall–Kier alpha value is -0.160. The largest absolute Gasteiger partial charge is 0.392 e. The molecule has 0 aromatic heterocycles. The van der Waals surface area contributed by atoms with Crippen molar-refractivity contribution in [3.63, 3.8) is 0 Å². The van der Waals surface area contributed by atoms with Crippen molar-refractivity contribution in [3.8, 4) is 0 Å². The van der Waals surface area contributed by atoms with Gasteiger partial charge in [0.05, 0.1) is 6.10 Å². The van der Waals surface area contributed by atoms with Gasteiger partial charge in [-0.3, -0.25) is 0 Å². The number of likely N-dealkylation sites (N-methyl/N-ethyl adjacent to an activating group) is 2. The standard InChI is InChI=1S/C20H45N3O/c1-5-6-7-8-9-10-11-12-13-19(2)20(24)18-22-15-17-23(4)16-14-21-3/h19-22,24H,5-18H2,1-4H3. The average molecular weight is 344 g/mol. The van der Waals surface area contributed by atoms with Crippen molar-refractivity contribution >= 4 is 0 Å². The quantitative estimate of drug-likeness (QED) is 0.334. The van der Waals surface area contributed by atoms with E-state index in [1.165, 1.54) is 51.4 Å². The van der Waals surface area contributed by atoms with Crippen LogP contribution in [0.15, 0.2) is 0 Å². The molecule has 0 aromatic carbocycles. The fourth-order valence-corrected chi connectivity index (χ4v) is 2.93. The molecule has 3 N–H and O–H groups in total. The van der Waals surface area contributed by atoms with Crippen molar-refractivity contribution in [1.29, 1.82) is 0 Å². The molecule has 0 saturated heterocycles. The lowest BCUT2D eigenvalue weighted by Gasteiger charge is -2.21. The summed E-state index contributed by atoms with van der Waals surface area (Å²) in [6.45, 7) is 9.24. The minimum absolute atomic E-state index is 0.211. The number of unbranched alkanes of at least 4 members (excludes halogenated alkanes) is 7. The van der Waals surface area contributed by atoms with Crippen molar-refractivity contribution in [3.05, 3.63) is 0 Å². The highest BCUT2D eigenvalue weighted by molar-refractivity contribution is 4.68. The van der Waals surface area contributed by atoms with Crippen LogP contribution < -0.4 is 10.6 Å². The molecule has 0 bridgehead atoms. The Morgan fingerprint density at radius 3 is 2.12 bits per heavy atom. The molecule has 2 atom stereocenters. The molecule has 0 aliphatic heterocycles. The average Bonchev–Trinajstić information content (AvgIpc) is 2.58. The van der Waals surface area contributed by atoms with Crippen LogP contribution in [0.4, 0.5) is 0 Å². The Bertz CT molecular complexity index is 251. The third-order valence-corrected chi connectivity index (χ3v) is 4.94. The molecule has 0 radical (unpaired) electrons. The van der Waals surface area contributed by atoms with Crippen LogP contribution in [0, 0.1) is 5.92 Å². The lowest BCUT2D eigenvalue weighted by molar-refractivity contribution is 0.108. The zero-order valence-corrected chi connectivity index (χ0v) is 16.9. The van der Waals surface area contributed by atoms with Gasteiger partial charge in [-0.05, 0) is 26.4 Å². The molecule has 0 aliphatic rings. The van der Waals surface area contributed by atoms with E-state index in [0.717, 1.165) is 39.1 Å². The molecule has 0 rings (SSSR count). The number of aliphatic hydroxyl groups excluding tert-OH is 1. The Kier molecular flexibility index (Phi) is 17.5. The fraction of sp³-hybridized carbons (Fsp3) is 1.00. The number of hydrogen-bond acceptors (Lipinski definition) is 4. The van der Waals surface area contributed by atoms with Gasteiger partial charge in [0.25, 0.3) is 0 Å². The van der Waals surface area contributed by atoms with Gasteiger partial charge < -0.3 is 20.6 Å². The van der Waals surface area contributed by atoms with Crippen molar-refractivity contribution in [2.24, 2.45) is 5.92 Å². The minimum Gasteiger partial charge on any atom is -0.392 e. The summed E-state index contributed by atoms with van der Waals surface area (Å²) in [5.41, 5.74) is 0. The summed E-state index contributed by atoms with van der Waals surface area (Å²) in [5, 5.41) is 16.8. The van der Waals surface area contributed by atoms with Crippen molar-refractivity contribution in [2.45, 2.75) is 77.7 Å². The highest BCUT2D eigenvalue weighted by Crippen LogP contribution is 2.15. The first-order valence-corrected chi connectivity index (χ1v) is 10.3. The second-order valence-corrected chi connectivity index (χ2v) is 7.42. The van der Waals surface area contributed by atoms with E-state index in [2.05, 4.69) is 36.4 Å². The molecule has 0 heterocycles. The van der Waals surface area contributed by atoms with Gasteiger partial charge in [-0.15, -0.1) is 0 Å². The maximum Gasteiger partial charge on any atom is 0.0690 e. The molecule has 146 valence electrons. The van der Waals surface area contributed by atoms with Gasteiger partial charge in [-0.2, -0.15) is 0 Å². The van der Waals surface area contributed by atoms with Crippen LogP contribution in [0.5, 0.6) is 0 Å². The van der Waals surface area contributed by atoms with E-state index in [1.807, 2.05) is 7.05 Å². The fourth-order valence-electron chi connectivity index (χ4n) is 2.93. The Labute approximate surface area is 151 Å². The first kappa shape index (κ1) is 23.8. The van der Waals surface area contributed by atoms with Gasteiger partial charge in [-0.1, -0.05) is 65.2 Å². The summed E-state index contributed by atoms with van der Waals surface area (Å²) in [4.78, 5) is 2.31. The summed E-state index contributed by atoms with van der Waals surface area (Å²) in [6.07, 6.45) is 11.8. The predicted octanol–water partition coefficient (Wildman–Crippen LogP) is 3.26. The molecule has 0 aliphatic carbocycles. The van der Waals surface area contributed by atoms with Gasteiger partial charge in [0.15, 0.2) is 0 Å². The first-order valence-electron chi connectivity index (χ1n) is 10.3. The van der Waals surface area contributed by atoms with Gasteiger partial charge in [0, 0.05) is 32.7 Å². The molecule has 24 heavy (non-hydrogen) atoms. The molecule has 4 heteroatoms. The molecule has 0 fully saturated rings. The van der Waals surface area contributed by atoms with E-state index in [-0.39, 0.29) is 6.10 Å². The normalized spacial score (nSPS) is 14.2. The molecule has 2 unspecified atom stereocenters. The molecular weight excluding hydrogens is 298 g/mol. The van der Waals surface area contributed by atoms with Crippen molar-refractivity contribution in [2.75, 3.05) is 46.8 Å². The number of hydrogen-bond donors (Lipinski definition) is 3. The van der Waals surface area contributed by atoms with E-state index in [1.54, 1.807) is 0 Å². The van der Waals surface area contributed by atoms with E-state index in [0.29, 0.717) is 5.92 Å². The molecule has 0 aromatic rings. The van der Waals surface area contributed by atoms with Gasteiger partial charge in [-0.25, -0.2) is 0 Å². The number of rotatable bonds is 18. The third kappa shape index (κ3) is 15.4. The molecule has 4 nitrogen and oxygen atoms in total. The Morgan fingerprint density at radius 2 is 1.50 bits per heavy atom. The lowest BCUT2D eigenvalue weighted by Crippen LogP contribution is -2.37. The SMILES string of the molecule is CCCCCCCCCCC(C)C(O)CNCCN(C)CCNC. The van der Waals surface area contributed by atoms with E-state index in [4.69, 9.17) is 0 Å². The van der Waals surface area contributed by atoms with Crippen LogP contribution >= 0.6 is 0 Å². The van der Waals surface area contributed by atoms with E-state index < -0.39 is 0 Å². The molecular formula is C20H45N3O. The van der Waals surface area contributed by atoms with Crippen LogP contribution in [-0.4, -0.2) is 62.9 Å². The topological polar surface area (TPSA) is 47.5 Å². The van der Waals surface area contributed by atoms with Gasteiger partial charge in [0.2, 0.25) is 0 Å².